The van der Waals surface area contributed by atoms with Gasteiger partial charge in [-0.2, -0.15) is 11.8 Å². The Morgan fingerprint density at radius 3 is 2.47 bits per heavy atom. The first-order chi connectivity index (χ1) is 7.13. The zero-order valence-electron chi connectivity index (χ0n) is 8.56. The minimum atomic E-state index is -0.683. The predicted octanol–water partition coefficient (Wildman–Crippen LogP) is 1.97. The molecule has 0 saturated heterocycles. The van der Waals surface area contributed by atoms with Gasteiger partial charge in [-0.15, -0.1) is 0 Å². The molecule has 1 aromatic carbocycles. The molecule has 0 aliphatic rings. The molecular weight excluding hydrogens is 215 g/mol. The summed E-state index contributed by atoms with van der Waals surface area (Å²) in [5, 5.41) is 18.0. The number of hydrogen-bond donors (Lipinski definition) is 2. The summed E-state index contributed by atoms with van der Waals surface area (Å²) in [7, 11) is 0. The van der Waals surface area contributed by atoms with E-state index in [-0.39, 0.29) is 17.7 Å². The van der Waals surface area contributed by atoms with E-state index in [4.69, 9.17) is 10.2 Å². The van der Waals surface area contributed by atoms with Crippen molar-refractivity contribution in [3.63, 3.8) is 0 Å². The lowest BCUT2D eigenvalue weighted by Gasteiger charge is -2.13. The number of halogens is 1. The van der Waals surface area contributed by atoms with Crippen molar-refractivity contribution < 1.29 is 14.6 Å². The van der Waals surface area contributed by atoms with Gasteiger partial charge in [0.25, 0.3) is 0 Å². The third-order valence-corrected chi connectivity index (χ3v) is 3.44. The molecule has 0 aliphatic carbocycles. The highest BCUT2D eigenvalue weighted by Crippen LogP contribution is 2.28. The number of benzene rings is 1. The second kappa shape index (κ2) is 6.10. The van der Waals surface area contributed by atoms with Crippen LogP contribution in [0.1, 0.15) is 17.7 Å². The molecule has 0 aromatic heterocycles. The fourth-order valence-electron chi connectivity index (χ4n) is 1.14. The summed E-state index contributed by atoms with van der Waals surface area (Å²) in [5.74, 6) is 0.237. The van der Waals surface area contributed by atoms with Crippen molar-refractivity contribution in [3.8, 4) is 0 Å². The van der Waals surface area contributed by atoms with Crippen molar-refractivity contribution in [2.75, 3.05) is 12.4 Å². The van der Waals surface area contributed by atoms with Gasteiger partial charge < -0.3 is 10.2 Å². The van der Waals surface area contributed by atoms with Gasteiger partial charge in [0.1, 0.15) is 5.82 Å². The summed E-state index contributed by atoms with van der Waals surface area (Å²) in [5.41, 5.74) is 1.02. The van der Waals surface area contributed by atoms with Crippen molar-refractivity contribution in [2.24, 2.45) is 0 Å². The summed E-state index contributed by atoms with van der Waals surface area (Å²) in [4.78, 5) is 0. The van der Waals surface area contributed by atoms with Crippen molar-refractivity contribution in [3.05, 3.63) is 35.6 Å². The van der Waals surface area contributed by atoms with Gasteiger partial charge in [0.05, 0.1) is 12.7 Å². The van der Waals surface area contributed by atoms with Crippen LogP contribution in [-0.2, 0) is 0 Å². The Morgan fingerprint density at radius 2 is 1.93 bits per heavy atom. The molecule has 0 radical (unpaired) electrons. The summed E-state index contributed by atoms with van der Waals surface area (Å²) in [6.45, 7) is 1.77. The van der Waals surface area contributed by atoms with Crippen LogP contribution in [0.15, 0.2) is 24.3 Å². The zero-order valence-corrected chi connectivity index (χ0v) is 9.38. The molecule has 1 aromatic rings. The van der Waals surface area contributed by atoms with E-state index in [1.54, 1.807) is 12.1 Å². The van der Waals surface area contributed by atoms with Gasteiger partial charge in [0.15, 0.2) is 0 Å². The molecular formula is C11H15FO2S. The normalized spacial score (nSPS) is 14.9. The summed E-state index contributed by atoms with van der Waals surface area (Å²) in [6.07, 6.45) is -0.683. The van der Waals surface area contributed by atoms with Crippen LogP contribution in [-0.4, -0.2) is 28.7 Å². The maximum atomic E-state index is 12.6. The monoisotopic (exact) mass is 230 g/mol. The van der Waals surface area contributed by atoms with Crippen molar-refractivity contribution in [1.29, 1.82) is 0 Å². The molecule has 4 heteroatoms. The number of thioether (sulfide) groups is 1. The highest BCUT2D eigenvalue weighted by atomic mass is 32.2. The van der Waals surface area contributed by atoms with Crippen LogP contribution in [0.4, 0.5) is 4.39 Å². The molecule has 0 aliphatic heterocycles. The van der Waals surface area contributed by atoms with Crippen LogP contribution in [0.3, 0.4) is 0 Å². The van der Waals surface area contributed by atoms with Gasteiger partial charge in [0.2, 0.25) is 0 Å². The molecule has 2 nitrogen and oxygen atoms in total. The number of hydrogen-bond acceptors (Lipinski definition) is 3. The molecule has 0 saturated carbocycles. The number of aliphatic hydroxyl groups excluding tert-OH is 2. The van der Waals surface area contributed by atoms with Gasteiger partial charge in [-0.25, -0.2) is 4.39 Å². The molecule has 2 atom stereocenters. The topological polar surface area (TPSA) is 40.5 Å². The van der Waals surface area contributed by atoms with E-state index in [9.17, 15) is 4.39 Å². The Balaban J connectivity index is 2.46. The smallest absolute Gasteiger partial charge is 0.123 e. The van der Waals surface area contributed by atoms with Crippen LogP contribution in [0, 0.1) is 5.82 Å². The Labute approximate surface area is 93.1 Å². The minimum Gasteiger partial charge on any atom is -0.394 e. The largest absolute Gasteiger partial charge is 0.394 e. The van der Waals surface area contributed by atoms with E-state index in [2.05, 4.69) is 0 Å². The molecule has 0 unspecified atom stereocenters. The average molecular weight is 230 g/mol. The molecule has 1 rings (SSSR count). The van der Waals surface area contributed by atoms with Gasteiger partial charge >= 0.3 is 0 Å². The van der Waals surface area contributed by atoms with E-state index in [0.29, 0.717) is 5.75 Å². The molecule has 0 amide bonds. The Hall–Kier alpha value is -0.580. The van der Waals surface area contributed by atoms with Crippen LogP contribution in [0.5, 0.6) is 0 Å². The summed E-state index contributed by atoms with van der Waals surface area (Å²) in [6, 6.07) is 6.32. The van der Waals surface area contributed by atoms with Crippen LogP contribution in [0.2, 0.25) is 0 Å². The summed E-state index contributed by atoms with van der Waals surface area (Å²) >= 11 is 1.54. The highest BCUT2D eigenvalue weighted by Gasteiger charge is 2.09. The van der Waals surface area contributed by atoms with Gasteiger partial charge in [0, 0.05) is 11.0 Å². The van der Waals surface area contributed by atoms with Crippen molar-refractivity contribution in [2.45, 2.75) is 18.3 Å². The van der Waals surface area contributed by atoms with Crippen molar-refractivity contribution >= 4 is 11.8 Å². The maximum Gasteiger partial charge on any atom is 0.123 e. The average Bonchev–Trinajstić information content (AvgIpc) is 2.26. The van der Waals surface area contributed by atoms with E-state index < -0.39 is 6.10 Å². The SMILES string of the molecule is C[C@H](SC[C@H](O)CO)c1ccc(F)cc1. The van der Waals surface area contributed by atoms with Crippen molar-refractivity contribution in [1.82, 2.24) is 0 Å². The van der Waals surface area contributed by atoms with Gasteiger partial charge in [-0.3, -0.25) is 0 Å². The molecule has 15 heavy (non-hydrogen) atoms. The van der Waals surface area contributed by atoms with Gasteiger partial charge in [-0.1, -0.05) is 12.1 Å². The maximum absolute atomic E-state index is 12.6. The Kier molecular flexibility index (Phi) is 5.08. The summed E-state index contributed by atoms with van der Waals surface area (Å²) < 4.78 is 12.6. The number of rotatable bonds is 5. The molecule has 2 N–H and O–H groups in total. The Bertz CT molecular complexity index is 289. The highest BCUT2D eigenvalue weighted by molar-refractivity contribution is 7.99. The fourth-order valence-corrected chi connectivity index (χ4v) is 2.10. The van der Waals surface area contributed by atoms with E-state index >= 15 is 0 Å². The molecule has 0 fully saturated rings. The van der Waals surface area contributed by atoms with Gasteiger partial charge in [-0.05, 0) is 24.6 Å². The third-order valence-electron chi connectivity index (χ3n) is 2.09. The first kappa shape index (κ1) is 12.5. The lowest BCUT2D eigenvalue weighted by Crippen LogP contribution is -2.15. The first-order valence-corrected chi connectivity index (χ1v) is 5.84. The lowest BCUT2D eigenvalue weighted by atomic mass is 10.2. The molecule has 84 valence electrons. The fraction of sp³-hybridized carbons (Fsp3) is 0.455. The first-order valence-electron chi connectivity index (χ1n) is 4.79. The van der Waals surface area contributed by atoms with E-state index in [1.165, 1.54) is 23.9 Å². The quantitative estimate of drug-likeness (QED) is 0.812. The molecule has 0 bridgehead atoms. The zero-order chi connectivity index (χ0) is 11.3. The van der Waals surface area contributed by atoms with Crippen LogP contribution in [0.25, 0.3) is 0 Å². The molecule has 0 heterocycles. The second-order valence-corrected chi connectivity index (χ2v) is 4.74. The molecule has 0 spiro atoms. The van der Waals surface area contributed by atoms with Crippen LogP contribution >= 0.6 is 11.8 Å². The minimum absolute atomic E-state index is 0.187. The van der Waals surface area contributed by atoms with E-state index in [0.717, 1.165) is 5.56 Å². The third kappa shape index (κ3) is 4.20. The van der Waals surface area contributed by atoms with E-state index in [1.807, 2.05) is 6.92 Å². The predicted molar refractivity (Wildman–Crippen MR) is 60.4 cm³/mol. The number of aliphatic hydroxyl groups is 2. The van der Waals surface area contributed by atoms with Crippen LogP contribution < -0.4 is 0 Å². The lowest BCUT2D eigenvalue weighted by molar-refractivity contribution is 0.113. The standard InChI is InChI=1S/C11H15FO2S/c1-8(15-7-11(14)6-13)9-2-4-10(12)5-3-9/h2-5,8,11,13-14H,6-7H2,1H3/t8-,11+/m0/s1. The Morgan fingerprint density at radius 1 is 1.33 bits per heavy atom. The second-order valence-electron chi connectivity index (χ2n) is 3.36.